The van der Waals surface area contributed by atoms with E-state index in [1.807, 2.05) is 54.6 Å². The molecule has 0 atom stereocenters. The van der Waals surface area contributed by atoms with E-state index in [9.17, 15) is 0 Å². The molecule has 1 heterocycles. The van der Waals surface area contributed by atoms with Crippen LogP contribution in [0.1, 0.15) is 5.56 Å². The third kappa shape index (κ3) is 3.58. The van der Waals surface area contributed by atoms with Crippen LogP contribution in [0.25, 0.3) is 11.4 Å². The minimum atomic E-state index is 0.435. The van der Waals surface area contributed by atoms with Gasteiger partial charge in [-0.1, -0.05) is 41.9 Å². The Morgan fingerprint density at radius 3 is 2.38 bits per heavy atom. The van der Waals surface area contributed by atoms with Crippen molar-refractivity contribution in [3.05, 3.63) is 77.6 Å². The lowest BCUT2D eigenvalue weighted by Gasteiger charge is -2.07. The lowest BCUT2D eigenvalue weighted by Crippen LogP contribution is -1.95. The molecule has 0 saturated heterocycles. The quantitative estimate of drug-likeness (QED) is 0.670. The molecule has 3 nitrogen and oxygen atoms in total. The third-order valence-electron chi connectivity index (χ3n) is 2.98. The second-order valence-corrected chi connectivity index (χ2v) is 4.89. The van der Waals surface area contributed by atoms with Gasteiger partial charge in [-0.05, 0) is 35.9 Å². The second-order valence-electron chi connectivity index (χ2n) is 4.50. The Kier molecular flexibility index (Phi) is 4.12. The summed E-state index contributed by atoms with van der Waals surface area (Å²) < 4.78 is 5.74. The van der Waals surface area contributed by atoms with E-state index in [4.69, 9.17) is 16.3 Å². The molecule has 0 bridgehead atoms. The van der Waals surface area contributed by atoms with Crippen LogP contribution in [0.2, 0.25) is 5.15 Å². The zero-order chi connectivity index (χ0) is 14.5. The van der Waals surface area contributed by atoms with Crippen molar-refractivity contribution in [2.45, 2.75) is 6.61 Å². The van der Waals surface area contributed by atoms with Gasteiger partial charge in [0.05, 0.1) is 0 Å². The van der Waals surface area contributed by atoms with E-state index in [0.717, 1.165) is 16.9 Å². The van der Waals surface area contributed by atoms with Crippen LogP contribution in [-0.4, -0.2) is 9.97 Å². The summed E-state index contributed by atoms with van der Waals surface area (Å²) in [5.41, 5.74) is 2.05. The maximum atomic E-state index is 5.87. The summed E-state index contributed by atoms with van der Waals surface area (Å²) in [4.78, 5) is 8.38. The lowest BCUT2D eigenvalue weighted by molar-refractivity contribution is 0.306. The SMILES string of the molecule is Clc1ccnc(-c2ccc(OCc3ccccc3)cc2)n1. The van der Waals surface area contributed by atoms with Crippen LogP contribution in [0.3, 0.4) is 0 Å². The van der Waals surface area contributed by atoms with E-state index in [-0.39, 0.29) is 0 Å². The van der Waals surface area contributed by atoms with Crippen molar-refractivity contribution in [2.75, 3.05) is 0 Å². The van der Waals surface area contributed by atoms with Gasteiger partial charge in [0.25, 0.3) is 0 Å². The van der Waals surface area contributed by atoms with Crippen molar-refractivity contribution in [3.8, 4) is 17.1 Å². The fourth-order valence-corrected chi connectivity index (χ4v) is 2.05. The van der Waals surface area contributed by atoms with Crippen molar-refractivity contribution in [2.24, 2.45) is 0 Å². The van der Waals surface area contributed by atoms with Gasteiger partial charge in [-0.2, -0.15) is 0 Å². The molecule has 0 fully saturated rings. The highest BCUT2D eigenvalue weighted by atomic mass is 35.5. The monoisotopic (exact) mass is 296 g/mol. The summed E-state index contributed by atoms with van der Waals surface area (Å²) in [5.74, 6) is 1.42. The summed E-state index contributed by atoms with van der Waals surface area (Å²) in [6.45, 7) is 0.549. The molecule has 3 rings (SSSR count). The van der Waals surface area contributed by atoms with Crippen LogP contribution >= 0.6 is 11.6 Å². The first-order valence-electron chi connectivity index (χ1n) is 6.57. The number of benzene rings is 2. The Bertz CT molecular complexity index is 714. The molecular formula is C17H13ClN2O. The molecule has 1 aromatic heterocycles. The first-order valence-corrected chi connectivity index (χ1v) is 6.95. The van der Waals surface area contributed by atoms with Crippen LogP contribution in [0.15, 0.2) is 66.9 Å². The van der Waals surface area contributed by atoms with Crippen LogP contribution in [0.4, 0.5) is 0 Å². The summed E-state index contributed by atoms with van der Waals surface area (Å²) >= 11 is 5.87. The number of nitrogens with zero attached hydrogens (tertiary/aromatic N) is 2. The molecule has 104 valence electrons. The molecule has 0 spiro atoms. The number of ether oxygens (including phenoxy) is 1. The van der Waals surface area contributed by atoms with E-state index in [0.29, 0.717) is 17.6 Å². The van der Waals surface area contributed by atoms with Crippen molar-refractivity contribution in [3.63, 3.8) is 0 Å². The Morgan fingerprint density at radius 2 is 1.67 bits per heavy atom. The molecule has 0 aliphatic rings. The molecule has 0 amide bonds. The third-order valence-corrected chi connectivity index (χ3v) is 3.19. The van der Waals surface area contributed by atoms with Crippen molar-refractivity contribution in [1.29, 1.82) is 0 Å². The summed E-state index contributed by atoms with van der Waals surface area (Å²) in [5, 5.41) is 0.435. The molecule has 0 N–H and O–H groups in total. The highest BCUT2D eigenvalue weighted by Gasteiger charge is 2.02. The summed E-state index contributed by atoms with van der Waals surface area (Å²) in [6, 6.07) is 19.4. The standard InChI is InChI=1S/C17H13ClN2O/c18-16-10-11-19-17(20-16)14-6-8-15(9-7-14)21-12-13-4-2-1-3-5-13/h1-11H,12H2. The van der Waals surface area contributed by atoms with Gasteiger partial charge in [0, 0.05) is 11.8 Å². The molecule has 21 heavy (non-hydrogen) atoms. The van der Waals surface area contributed by atoms with E-state index in [1.165, 1.54) is 0 Å². The van der Waals surface area contributed by atoms with Gasteiger partial charge < -0.3 is 4.74 Å². The van der Waals surface area contributed by atoms with Crippen molar-refractivity contribution >= 4 is 11.6 Å². The molecule has 0 saturated carbocycles. The molecule has 4 heteroatoms. The van der Waals surface area contributed by atoms with Gasteiger partial charge in [0.1, 0.15) is 17.5 Å². The van der Waals surface area contributed by atoms with Gasteiger partial charge in [-0.3, -0.25) is 0 Å². The molecule has 0 unspecified atom stereocenters. The molecule has 0 radical (unpaired) electrons. The highest BCUT2D eigenvalue weighted by Crippen LogP contribution is 2.20. The minimum absolute atomic E-state index is 0.435. The number of hydrogen-bond donors (Lipinski definition) is 0. The number of hydrogen-bond acceptors (Lipinski definition) is 3. The Hall–Kier alpha value is -2.39. The van der Waals surface area contributed by atoms with Gasteiger partial charge in [-0.15, -0.1) is 0 Å². The van der Waals surface area contributed by atoms with Crippen LogP contribution in [0.5, 0.6) is 5.75 Å². The zero-order valence-corrected chi connectivity index (χ0v) is 12.0. The number of rotatable bonds is 4. The Morgan fingerprint density at radius 1 is 0.905 bits per heavy atom. The van der Waals surface area contributed by atoms with Gasteiger partial charge >= 0.3 is 0 Å². The second kappa shape index (κ2) is 6.37. The fourth-order valence-electron chi connectivity index (χ4n) is 1.92. The van der Waals surface area contributed by atoms with Crippen molar-refractivity contribution < 1.29 is 4.74 Å². The summed E-state index contributed by atoms with van der Waals surface area (Å²) in [6.07, 6.45) is 1.64. The van der Waals surface area contributed by atoms with E-state index < -0.39 is 0 Å². The van der Waals surface area contributed by atoms with Gasteiger partial charge in [0.2, 0.25) is 0 Å². The predicted molar refractivity (Wildman–Crippen MR) is 83.3 cm³/mol. The first-order chi connectivity index (χ1) is 10.3. The topological polar surface area (TPSA) is 35.0 Å². The number of halogens is 1. The highest BCUT2D eigenvalue weighted by molar-refractivity contribution is 6.29. The van der Waals surface area contributed by atoms with Crippen LogP contribution < -0.4 is 4.74 Å². The smallest absolute Gasteiger partial charge is 0.160 e. The minimum Gasteiger partial charge on any atom is -0.489 e. The molecular weight excluding hydrogens is 284 g/mol. The molecule has 0 aliphatic carbocycles. The molecule has 3 aromatic rings. The summed E-state index contributed by atoms with van der Waals surface area (Å²) in [7, 11) is 0. The lowest BCUT2D eigenvalue weighted by atomic mass is 10.2. The maximum Gasteiger partial charge on any atom is 0.160 e. The maximum absolute atomic E-state index is 5.87. The normalized spacial score (nSPS) is 10.3. The Balaban J connectivity index is 1.69. The van der Waals surface area contributed by atoms with Gasteiger partial charge in [-0.25, -0.2) is 9.97 Å². The van der Waals surface area contributed by atoms with Crippen LogP contribution in [0, 0.1) is 0 Å². The van der Waals surface area contributed by atoms with E-state index >= 15 is 0 Å². The van der Waals surface area contributed by atoms with E-state index in [2.05, 4.69) is 9.97 Å². The van der Waals surface area contributed by atoms with Gasteiger partial charge in [0.15, 0.2) is 5.82 Å². The van der Waals surface area contributed by atoms with Crippen LogP contribution in [-0.2, 0) is 6.61 Å². The van der Waals surface area contributed by atoms with Crippen molar-refractivity contribution in [1.82, 2.24) is 9.97 Å². The largest absolute Gasteiger partial charge is 0.489 e. The average Bonchev–Trinajstić information content (AvgIpc) is 2.54. The predicted octanol–water partition coefficient (Wildman–Crippen LogP) is 4.38. The molecule has 2 aromatic carbocycles. The fraction of sp³-hybridized carbons (Fsp3) is 0.0588. The zero-order valence-electron chi connectivity index (χ0n) is 11.2. The Labute approximate surface area is 128 Å². The van der Waals surface area contributed by atoms with E-state index in [1.54, 1.807) is 12.3 Å². The average molecular weight is 297 g/mol. The first kappa shape index (κ1) is 13.6. The number of aromatic nitrogens is 2. The molecule has 0 aliphatic heterocycles.